The Hall–Kier alpha value is -2.34. The molecule has 0 saturated heterocycles. The minimum absolute atomic E-state index is 0.561. The van der Waals surface area contributed by atoms with Gasteiger partial charge in [0.25, 0.3) is 0 Å². The van der Waals surface area contributed by atoms with Gasteiger partial charge in [-0.2, -0.15) is 0 Å². The number of benzene rings is 1. The van der Waals surface area contributed by atoms with Crippen molar-refractivity contribution in [3.8, 4) is 5.69 Å². The molecule has 0 unspecified atom stereocenters. The zero-order valence-corrected chi connectivity index (χ0v) is 10.6. The summed E-state index contributed by atoms with van der Waals surface area (Å²) in [5, 5.41) is 14.9. The van der Waals surface area contributed by atoms with Gasteiger partial charge < -0.3 is 9.73 Å². The van der Waals surface area contributed by atoms with Crippen molar-refractivity contribution in [1.29, 1.82) is 0 Å². The fourth-order valence-electron chi connectivity index (χ4n) is 1.67. The Morgan fingerprint density at radius 1 is 1.32 bits per heavy atom. The molecule has 1 N–H and O–H groups in total. The number of nitrogens with one attached hydrogen (secondary N) is 1. The van der Waals surface area contributed by atoms with Crippen LogP contribution in [0.25, 0.3) is 5.69 Å². The van der Waals surface area contributed by atoms with Gasteiger partial charge in [-0.05, 0) is 40.8 Å². The highest BCUT2D eigenvalue weighted by molar-refractivity contribution is 6.33. The van der Waals surface area contributed by atoms with E-state index in [2.05, 4.69) is 20.8 Å². The van der Waals surface area contributed by atoms with Crippen molar-refractivity contribution in [3.63, 3.8) is 0 Å². The Morgan fingerprint density at radius 3 is 3.00 bits per heavy atom. The Morgan fingerprint density at radius 2 is 2.26 bits per heavy atom. The number of rotatable bonds is 4. The number of hydrogen-bond acceptors (Lipinski definition) is 5. The van der Waals surface area contributed by atoms with E-state index in [0.717, 1.165) is 17.1 Å². The maximum absolute atomic E-state index is 6.14. The molecule has 19 heavy (non-hydrogen) atoms. The minimum atomic E-state index is 0.561. The molecule has 3 rings (SSSR count). The first-order chi connectivity index (χ1) is 9.33. The first kappa shape index (κ1) is 11.7. The van der Waals surface area contributed by atoms with Crippen molar-refractivity contribution in [3.05, 3.63) is 53.7 Å². The van der Waals surface area contributed by atoms with Crippen LogP contribution in [0.4, 0.5) is 5.69 Å². The van der Waals surface area contributed by atoms with Gasteiger partial charge >= 0.3 is 0 Å². The number of tetrazole rings is 1. The predicted molar refractivity (Wildman–Crippen MR) is 70.2 cm³/mol. The number of hydrogen-bond donors (Lipinski definition) is 1. The van der Waals surface area contributed by atoms with Crippen LogP contribution in [-0.2, 0) is 6.54 Å². The van der Waals surface area contributed by atoms with Gasteiger partial charge in [-0.25, -0.2) is 4.68 Å². The van der Waals surface area contributed by atoms with Crippen LogP contribution in [0.15, 0.2) is 47.3 Å². The number of aromatic nitrogens is 4. The lowest BCUT2D eigenvalue weighted by Gasteiger charge is -2.09. The van der Waals surface area contributed by atoms with E-state index in [4.69, 9.17) is 16.0 Å². The summed E-state index contributed by atoms with van der Waals surface area (Å²) in [4.78, 5) is 0. The lowest BCUT2D eigenvalue weighted by atomic mass is 10.2. The molecule has 0 aliphatic carbocycles. The molecule has 2 heterocycles. The van der Waals surface area contributed by atoms with E-state index >= 15 is 0 Å². The van der Waals surface area contributed by atoms with Crippen LogP contribution in [0.2, 0.25) is 5.02 Å². The average Bonchev–Trinajstić information content (AvgIpc) is 3.11. The lowest BCUT2D eigenvalue weighted by Crippen LogP contribution is -2.01. The Kier molecular flexibility index (Phi) is 3.16. The Balaban J connectivity index is 1.82. The molecule has 6 nitrogen and oxygen atoms in total. The molecule has 3 aromatic rings. The Bertz CT molecular complexity index is 651. The van der Waals surface area contributed by atoms with Crippen LogP contribution in [0, 0.1) is 0 Å². The van der Waals surface area contributed by atoms with Crippen molar-refractivity contribution in [2.45, 2.75) is 6.54 Å². The molecule has 96 valence electrons. The summed E-state index contributed by atoms with van der Waals surface area (Å²) >= 11 is 6.14. The van der Waals surface area contributed by atoms with Crippen molar-refractivity contribution < 1.29 is 4.42 Å². The van der Waals surface area contributed by atoms with Crippen LogP contribution >= 0.6 is 11.6 Å². The molecule has 1 aromatic carbocycles. The number of halogens is 1. The van der Waals surface area contributed by atoms with E-state index in [1.54, 1.807) is 17.0 Å². The summed E-state index contributed by atoms with van der Waals surface area (Å²) in [6.07, 6.45) is 3.16. The second-order valence-electron chi connectivity index (χ2n) is 3.85. The van der Waals surface area contributed by atoms with Crippen LogP contribution in [0.3, 0.4) is 0 Å². The van der Waals surface area contributed by atoms with E-state index in [0.29, 0.717) is 11.6 Å². The summed E-state index contributed by atoms with van der Waals surface area (Å²) in [7, 11) is 0. The molecule has 0 saturated carbocycles. The smallest absolute Gasteiger partial charge is 0.143 e. The summed E-state index contributed by atoms with van der Waals surface area (Å²) in [6.45, 7) is 0.561. The van der Waals surface area contributed by atoms with Crippen molar-refractivity contribution >= 4 is 17.3 Å². The fourth-order valence-corrected chi connectivity index (χ4v) is 1.85. The zero-order valence-electron chi connectivity index (χ0n) is 9.82. The number of anilines is 1. The fraction of sp³-hybridized carbons (Fsp3) is 0.0833. The molecule has 7 heteroatoms. The first-order valence-corrected chi connectivity index (χ1v) is 6.00. The van der Waals surface area contributed by atoms with Crippen LogP contribution in [0.1, 0.15) is 5.76 Å². The quantitative estimate of drug-likeness (QED) is 0.792. The molecule has 0 radical (unpaired) electrons. The van der Waals surface area contributed by atoms with E-state index in [1.165, 1.54) is 6.33 Å². The second-order valence-corrected chi connectivity index (χ2v) is 4.26. The predicted octanol–water partition coefficient (Wildman–Crippen LogP) is 2.52. The molecule has 0 aliphatic rings. The van der Waals surface area contributed by atoms with Gasteiger partial charge in [0.1, 0.15) is 12.1 Å². The second kappa shape index (κ2) is 5.11. The molecule has 0 fully saturated rings. The van der Waals surface area contributed by atoms with E-state index in [9.17, 15) is 0 Å². The Labute approximate surface area is 114 Å². The molecule has 0 spiro atoms. The van der Waals surface area contributed by atoms with Crippen molar-refractivity contribution in [2.24, 2.45) is 0 Å². The molecule has 2 aromatic heterocycles. The molecule has 0 aliphatic heterocycles. The zero-order chi connectivity index (χ0) is 13.1. The summed E-state index contributed by atoms with van der Waals surface area (Å²) in [5.41, 5.74) is 1.63. The van der Waals surface area contributed by atoms with Gasteiger partial charge in [-0.1, -0.05) is 11.6 Å². The maximum atomic E-state index is 6.14. The highest BCUT2D eigenvalue weighted by Gasteiger charge is 2.05. The van der Waals surface area contributed by atoms with Gasteiger partial charge in [0, 0.05) is 0 Å². The van der Waals surface area contributed by atoms with E-state index < -0.39 is 0 Å². The highest BCUT2D eigenvalue weighted by Crippen LogP contribution is 2.25. The maximum Gasteiger partial charge on any atom is 0.143 e. The van der Waals surface area contributed by atoms with Gasteiger partial charge in [-0.15, -0.1) is 5.10 Å². The lowest BCUT2D eigenvalue weighted by molar-refractivity contribution is 0.518. The van der Waals surface area contributed by atoms with Gasteiger partial charge in [0.05, 0.1) is 29.2 Å². The summed E-state index contributed by atoms with van der Waals surface area (Å²) in [5.74, 6) is 0.837. The SMILES string of the molecule is Clc1ccc(-n2cnnn2)cc1NCc1ccco1. The van der Waals surface area contributed by atoms with Crippen LogP contribution < -0.4 is 5.32 Å². The third kappa shape index (κ3) is 2.58. The number of furan rings is 1. The average molecular weight is 276 g/mol. The third-order valence-electron chi connectivity index (χ3n) is 2.60. The highest BCUT2D eigenvalue weighted by atomic mass is 35.5. The van der Waals surface area contributed by atoms with Crippen molar-refractivity contribution in [2.75, 3.05) is 5.32 Å². The van der Waals surface area contributed by atoms with Gasteiger partial charge in [0.2, 0.25) is 0 Å². The third-order valence-corrected chi connectivity index (χ3v) is 2.93. The molecule has 0 atom stereocenters. The largest absolute Gasteiger partial charge is 0.467 e. The monoisotopic (exact) mass is 275 g/mol. The van der Waals surface area contributed by atoms with Crippen LogP contribution in [-0.4, -0.2) is 20.2 Å². The summed E-state index contributed by atoms with van der Waals surface area (Å²) < 4.78 is 6.82. The molecular formula is C12H10ClN5O. The van der Waals surface area contributed by atoms with E-state index in [-0.39, 0.29) is 0 Å². The van der Waals surface area contributed by atoms with Gasteiger partial charge in [0.15, 0.2) is 0 Å². The summed E-state index contributed by atoms with van der Waals surface area (Å²) in [6, 6.07) is 9.25. The number of nitrogens with zero attached hydrogens (tertiary/aromatic N) is 4. The van der Waals surface area contributed by atoms with Crippen molar-refractivity contribution in [1.82, 2.24) is 20.2 Å². The van der Waals surface area contributed by atoms with Gasteiger partial charge in [-0.3, -0.25) is 0 Å². The van der Waals surface area contributed by atoms with E-state index in [1.807, 2.05) is 24.3 Å². The molecule has 0 amide bonds. The standard InChI is InChI=1S/C12H10ClN5O/c13-11-4-3-9(18-8-15-16-17-18)6-12(11)14-7-10-2-1-5-19-10/h1-6,8,14H,7H2. The first-order valence-electron chi connectivity index (χ1n) is 5.62. The van der Waals surface area contributed by atoms with Crippen LogP contribution in [0.5, 0.6) is 0 Å². The molecular weight excluding hydrogens is 266 g/mol. The minimum Gasteiger partial charge on any atom is -0.467 e. The molecule has 0 bridgehead atoms. The topological polar surface area (TPSA) is 68.8 Å². The normalized spacial score (nSPS) is 10.6.